The Hall–Kier alpha value is -2.44. The van der Waals surface area contributed by atoms with E-state index in [4.69, 9.17) is 0 Å². The molecule has 6 heteroatoms. The maximum Gasteiger partial charge on any atom is 0.248 e. The quantitative estimate of drug-likeness (QED) is 0.530. The zero-order valence-corrected chi connectivity index (χ0v) is 18.7. The van der Waals surface area contributed by atoms with Crippen LogP contribution >= 0.6 is 22.7 Å². The lowest BCUT2D eigenvalue weighted by Crippen LogP contribution is -2.46. The lowest BCUT2D eigenvalue weighted by atomic mass is 10.1. The summed E-state index contributed by atoms with van der Waals surface area (Å²) in [4.78, 5) is 30.6. The Labute approximate surface area is 185 Å². The summed E-state index contributed by atoms with van der Waals surface area (Å²) in [5.41, 5.74) is 1.87. The Morgan fingerprint density at radius 3 is 2.37 bits per heavy atom. The monoisotopic (exact) mass is 438 g/mol. The molecule has 0 spiro atoms. The molecule has 1 fully saturated rings. The van der Waals surface area contributed by atoms with E-state index < -0.39 is 6.04 Å². The van der Waals surface area contributed by atoms with E-state index in [9.17, 15) is 9.59 Å². The molecule has 1 aliphatic rings. The molecule has 4 nitrogen and oxygen atoms in total. The molecule has 1 atom stereocenters. The highest BCUT2D eigenvalue weighted by Crippen LogP contribution is 2.32. The van der Waals surface area contributed by atoms with Gasteiger partial charge in [-0.3, -0.25) is 14.5 Å². The van der Waals surface area contributed by atoms with E-state index in [0.29, 0.717) is 0 Å². The zero-order valence-electron chi connectivity index (χ0n) is 17.0. The van der Waals surface area contributed by atoms with Crippen LogP contribution in [0.25, 0.3) is 0 Å². The van der Waals surface area contributed by atoms with Crippen molar-refractivity contribution in [2.75, 3.05) is 4.90 Å². The molecule has 1 aromatic carbocycles. The molecule has 0 radical (unpaired) electrons. The second-order valence-corrected chi connectivity index (χ2v) is 9.77. The van der Waals surface area contributed by atoms with E-state index in [1.54, 1.807) is 16.2 Å². The molecular formula is C24H26N2O2S2. The summed E-state index contributed by atoms with van der Waals surface area (Å²) in [5.74, 6) is -0.161. The Morgan fingerprint density at radius 2 is 1.73 bits per heavy atom. The fourth-order valence-electron chi connectivity index (χ4n) is 3.96. The standard InChI is InChI=1S/C24H26N2O2S2/c1-17-10-12-19(13-11-17)26(22(27)16-20-8-4-14-29-20)23(21-9-5-15-30-21)24(28)25-18-6-2-3-7-18/h4-5,8-15,18,23H,2-3,6-7,16H2,1H3,(H,25,28)/t23-/m1/s1. The number of amides is 2. The van der Waals surface area contributed by atoms with E-state index >= 15 is 0 Å². The number of aryl methyl sites for hydroxylation is 1. The molecule has 156 valence electrons. The van der Waals surface area contributed by atoms with Crippen LogP contribution in [0.4, 0.5) is 5.69 Å². The first-order valence-corrected chi connectivity index (χ1v) is 12.1. The summed E-state index contributed by atoms with van der Waals surface area (Å²) in [6.07, 6.45) is 4.60. The zero-order chi connectivity index (χ0) is 20.9. The number of anilines is 1. The lowest BCUT2D eigenvalue weighted by molar-refractivity contribution is -0.126. The minimum Gasteiger partial charge on any atom is -0.351 e. The van der Waals surface area contributed by atoms with Gasteiger partial charge in [-0.15, -0.1) is 22.7 Å². The van der Waals surface area contributed by atoms with Crippen molar-refractivity contribution >= 4 is 40.2 Å². The van der Waals surface area contributed by atoms with Gasteiger partial charge in [0, 0.05) is 21.5 Å². The highest BCUT2D eigenvalue weighted by Gasteiger charge is 2.34. The Bertz CT molecular complexity index is 959. The van der Waals surface area contributed by atoms with Gasteiger partial charge >= 0.3 is 0 Å². The minimum atomic E-state index is -0.666. The molecule has 2 aromatic heterocycles. The van der Waals surface area contributed by atoms with Gasteiger partial charge < -0.3 is 5.32 Å². The van der Waals surface area contributed by atoms with Gasteiger partial charge in [0.25, 0.3) is 0 Å². The van der Waals surface area contributed by atoms with Crippen molar-refractivity contribution in [1.29, 1.82) is 0 Å². The van der Waals surface area contributed by atoms with Gasteiger partial charge in [0.1, 0.15) is 6.04 Å². The van der Waals surface area contributed by atoms with Gasteiger partial charge in [-0.25, -0.2) is 0 Å². The van der Waals surface area contributed by atoms with Crippen LogP contribution in [0.2, 0.25) is 0 Å². The van der Waals surface area contributed by atoms with Crippen molar-refractivity contribution in [3.63, 3.8) is 0 Å². The van der Waals surface area contributed by atoms with Crippen LogP contribution in [0.3, 0.4) is 0 Å². The smallest absolute Gasteiger partial charge is 0.248 e. The number of nitrogens with zero attached hydrogens (tertiary/aromatic N) is 1. The number of benzene rings is 1. The molecule has 0 bridgehead atoms. The van der Waals surface area contributed by atoms with Crippen molar-refractivity contribution in [2.45, 2.75) is 51.1 Å². The summed E-state index contributed by atoms with van der Waals surface area (Å²) >= 11 is 3.08. The van der Waals surface area contributed by atoms with E-state index in [-0.39, 0.29) is 24.3 Å². The Kier molecular flexibility index (Phi) is 6.65. The number of hydrogen-bond acceptors (Lipinski definition) is 4. The molecule has 0 aliphatic heterocycles. The molecule has 0 unspecified atom stereocenters. The van der Waals surface area contributed by atoms with Gasteiger partial charge in [0.2, 0.25) is 11.8 Å². The first-order chi connectivity index (χ1) is 14.6. The van der Waals surface area contributed by atoms with E-state index in [1.165, 1.54) is 11.3 Å². The lowest BCUT2D eigenvalue weighted by Gasteiger charge is -2.31. The predicted molar refractivity (Wildman–Crippen MR) is 124 cm³/mol. The second-order valence-electron chi connectivity index (χ2n) is 7.76. The third kappa shape index (κ3) is 4.82. The largest absolute Gasteiger partial charge is 0.351 e. The van der Waals surface area contributed by atoms with E-state index in [1.807, 2.05) is 66.2 Å². The maximum absolute atomic E-state index is 13.5. The molecule has 2 heterocycles. The van der Waals surface area contributed by atoms with Gasteiger partial charge in [0.15, 0.2) is 0 Å². The number of nitrogens with one attached hydrogen (secondary N) is 1. The van der Waals surface area contributed by atoms with Crippen LogP contribution in [-0.2, 0) is 16.0 Å². The van der Waals surface area contributed by atoms with Crippen molar-refractivity contribution < 1.29 is 9.59 Å². The van der Waals surface area contributed by atoms with Gasteiger partial charge in [0.05, 0.1) is 6.42 Å². The van der Waals surface area contributed by atoms with Crippen LogP contribution in [-0.4, -0.2) is 17.9 Å². The number of carbonyl (C=O) groups excluding carboxylic acids is 2. The van der Waals surface area contributed by atoms with Crippen molar-refractivity contribution in [2.24, 2.45) is 0 Å². The third-order valence-electron chi connectivity index (χ3n) is 5.51. The van der Waals surface area contributed by atoms with Gasteiger partial charge in [-0.1, -0.05) is 42.7 Å². The van der Waals surface area contributed by atoms with Crippen LogP contribution < -0.4 is 10.2 Å². The van der Waals surface area contributed by atoms with Gasteiger partial charge in [-0.2, -0.15) is 0 Å². The van der Waals surface area contributed by atoms with Crippen molar-refractivity contribution in [3.05, 3.63) is 74.6 Å². The van der Waals surface area contributed by atoms with Gasteiger partial charge in [-0.05, 0) is 54.8 Å². The number of thiophene rings is 2. The fraction of sp³-hybridized carbons (Fsp3) is 0.333. The first kappa shape index (κ1) is 20.8. The third-order valence-corrected chi connectivity index (χ3v) is 7.31. The summed E-state index contributed by atoms with van der Waals surface area (Å²) in [6.45, 7) is 2.02. The van der Waals surface area contributed by atoms with Crippen LogP contribution in [0.15, 0.2) is 59.3 Å². The number of carbonyl (C=O) groups is 2. The van der Waals surface area contributed by atoms with E-state index in [2.05, 4.69) is 5.32 Å². The van der Waals surface area contributed by atoms with Crippen molar-refractivity contribution in [3.8, 4) is 0 Å². The molecule has 3 aromatic rings. The summed E-state index contributed by atoms with van der Waals surface area (Å²) in [6, 6.07) is 15.2. The van der Waals surface area contributed by atoms with Crippen LogP contribution in [0.1, 0.15) is 47.0 Å². The van der Waals surface area contributed by atoms with Crippen LogP contribution in [0.5, 0.6) is 0 Å². The number of rotatable bonds is 7. The van der Waals surface area contributed by atoms with E-state index in [0.717, 1.165) is 46.7 Å². The Morgan fingerprint density at radius 1 is 1.03 bits per heavy atom. The molecule has 1 aliphatic carbocycles. The summed E-state index contributed by atoms with van der Waals surface area (Å²) < 4.78 is 0. The maximum atomic E-state index is 13.5. The molecule has 4 rings (SSSR count). The second kappa shape index (κ2) is 9.58. The highest BCUT2D eigenvalue weighted by molar-refractivity contribution is 7.10. The summed E-state index contributed by atoms with van der Waals surface area (Å²) in [7, 11) is 0. The molecular weight excluding hydrogens is 412 g/mol. The average molecular weight is 439 g/mol. The molecule has 30 heavy (non-hydrogen) atoms. The Balaban J connectivity index is 1.70. The SMILES string of the molecule is Cc1ccc(N(C(=O)Cc2cccs2)[C@@H](C(=O)NC2CCCC2)c2cccs2)cc1. The fourth-order valence-corrected chi connectivity index (χ4v) is 5.47. The molecule has 1 N–H and O–H groups in total. The molecule has 1 saturated carbocycles. The highest BCUT2D eigenvalue weighted by atomic mass is 32.1. The number of hydrogen-bond donors (Lipinski definition) is 1. The minimum absolute atomic E-state index is 0.0683. The average Bonchev–Trinajstić information content (AvgIpc) is 3.50. The molecule has 0 saturated heterocycles. The topological polar surface area (TPSA) is 49.4 Å². The van der Waals surface area contributed by atoms with Crippen LogP contribution in [0, 0.1) is 6.92 Å². The normalized spacial score (nSPS) is 15.1. The predicted octanol–water partition coefficient (Wildman–Crippen LogP) is 5.49. The summed E-state index contributed by atoms with van der Waals surface area (Å²) in [5, 5.41) is 7.15. The molecule has 2 amide bonds. The first-order valence-electron chi connectivity index (χ1n) is 10.4. The van der Waals surface area contributed by atoms with Crippen molar-refractivity contribution in [1.82, 2.24) is 5.32 Å².